The highest BCUT2D eigenvalue weighted by Crippen LogP contribution is 2.48. The molecule has 3 aromatic rings. The van der Waals surface area contributed by atoms with Crippen molar-refractivity contribution in [2.45, 2.75) is 62.9 Å². The molecule has 3 aliphatic rings. The highest BCUT2D eigenvalue weighted by molar-refractivity contribution is 6.99. The van der Waals surface area contributed by atoms with Crippen LogP contribution in [-0.2, 0) is 18.6 Å². The summed E-state index contributed by atoms with van der Waals surface area (Å²) >= 11 is 6.18. The molecule has 0 spiro atoms. The number of ether oxygens (including phenoxy) is 4. The van der Waals surface area contributed by atoms with Crippen LogP contribution in [0.2, 0.25) is 10.1 Å². The SMILES string of the molecule is CC(C)(C)[Si](O[C@@H]1C[C@@H]2OC(O)C[C@@H]2[C@H]1/C=C/C1(COc2cccc(Cl)c2)OCCO1)(c1ccccc1)c1ccccc1. The first-order chi connectivity index (χ1) is 20.7. The smallest absolute Gasteiger partial charge is 0.261 e. The van der Waals surface area contributed by atoms with Crippen LogP contribution in [-0.4, -0.2) is 57.5 Å². The summed E-state index contributed by atoms with van der Waals surface area (Å²) in [5.41, 5.74) is 0. The Morgan fingerprint density at radius 2 is 1.58 bits per heavy atom. The van der Waals surface area contributed by atoms with E-state index in [0.717, 1.165) is 0 Å². The van der Waals surface area contributed by atoms with Crippen LogP contribution < -0.4 is 15.1 Å². The number of hydrogen-bond acceptors (Lipinski definition) is 6. The number of fused-ring (bicyclic) bond motifs is 1. The fourth-order valence-corrected chi connectivity index (χ4v) is 12.0. The summed E-state index contributed by atoms with van der Waals surface area (Å²) in [6.45, 7) is 8.02. The molecule has 228 valence electrons. The Morgan fingerprint density at radius 1 is 0.930 bits per heavy atom. The first kappa shape index (κ1) is 30.5. The molecule has 3 fully saturated rings. The molecule has 0 amide bonds. The van der Waals surface area contributed by atoms with Gasteiger partial charge in [-0.1, -0.05) is 105 Å². The van der Waals surface area contributed by atoms with Crippen molar-refractivity contribution in [2.75, 3.05) is 19.8 Å². The van der Waals surface area contributed by atoms with E-state index in [9.17, 15) is 5.11 Å². The molecule has 1 N–H and O–H groups in total. The van der Waals surface area contributed by atoms with Gasteiger partial charge in [0, 0.05) is 17.4 Å². The van der Waals surface area contributed by atoms with Crippen LogP contribution in [0.4, 0.5) is 0 Å². The lowest BCUT2D eigenvalue weighted by atomic mass is 9.91. The van der Waals surface area contributed by atoms with Gasteiger partial charge < -0.3 is 28.5 Å². The van der Waals surface area contributed by atoms with Crippen LogP contribution in [0.3, 0.4) is 0 Å². The van der Waals surface area contributed by atoms with E-state index in [-0.39, 0.29) is 35.7 Å². The van der Waals surface area contributed by atoms with Crippen molar-refractivity contribution < 1.29 is 28.5 Å². The molecule has 1 saturated carbocycles. The number of aliphatic hydroxyl groups excluding tert-OH is 1. The van der Waals surface area contributed by atoms with Crippen molar-refractivity contribution in [3.05, 3.63) is 102 Å². The predicted molar refractivity (Wildman–Crippen MR) is 170 cm³/mol. The molecule has 0 bridgehead atoms. The number of hydrogen-bond donors (Lipinski definition) is 1. The fourth-order valence-electron chi connectivity index (χ4n) is 7.05. The normalized spacial score (nSPS) is 27.0. The topological polar surface area (TPSA) is 66.4 Å². The lowest BCUT2D eigenvalue weighted by molar-refractivity contribution is -0.139. The van der Waals surface area contributed by atoms with E-state index in [1.807, 2.05) is 24.3 Å². The van der Waals surface area contributed by atoms with E-state index in [2.05, 4.69) is 87.5 Å². The Balaban J connectivity index is 1.35. The van der Waals surface area contributed by atoms with E-state index in [0.29, 0.717) is 36.8 Å². The molecular weight excluding hydrogens is 580 g/mol. The van der Waals surface area contributed by atoms with Crippen LogP contribution in [0.1, 0.15) is 33.6 Å². The second kappa shape index (κ2) is 12.5. The molecule has 43 heavy (non-hydrogen) atoms. The number of aliphatic hydroxyl groups is 1. The zero-order chi connectivity index (χ0) is 30.1. The Morgan fingerprint density at radius 3 is 2.19 bits per heavy atom. The van der Waals surface area contributed by atoms with Gasteiger partial charge in [0.2, 0.25) is 5.79 Å². The van der Waals surface area contributed by atoms with Crippen LogP contribution in [0.5, 0.6) is 5.75 Å². The maximum atomic E-state index is 10.5. The maximum absolute atomic E-state index is 10.5. The van der Waals surface area contributed by atoms with Crippen LogP contribution in [0.25, 0.3) is 0 Å². The van der Waals surface area contributed by atoms with Crippen molar-refractivity contribution in [2.24, 2.45) is 11.8 Å². The lowest BCUT2D eigenvalue weighted by Gasteiger charge is -2.45. The van der Waals surface area contributed by atoms with Gasteiger partial charge in [-0.2, -0.15) is 0 Å². The Bertz CT molecular complexity index is 1350. The van der Waals surface area contributed by atoms with Gasteiger partial charge in [-0.05, 0) is 52.0 Å². The largest absolute Gasteiger partial charge is 0.488 e. The summed E-state index contributed by atoms with van der Waals surface area (Å²) in [6.07, 6.45) is 4.45. The van der Waals surface area contributed by atoms with Crippen molar-refractivity contribution in [1.29, 1.82) is 0 Å². The van der Waals surface area contributed by atoms with Gasteiger partial charge in [0.25, 0.3) is 8.32 Å². The minimum Gasteiger partial charge on any atom is -0.488 e. The van der Waals surface area contributed by atoms with Gasteiger partial charge >= 0.3 is 0 Å². The van der Waals surface area contributed by atoms with Gasteiger partial charge in [0.05, 0.1) is 25.4 Å². The van der Waals surface area contributed by atoms with Crippen molar-refractivity contribution in [3.8, 4) is 5.75 Å². The van der Waals surface area contributed by atoms with E-state index >= 15 is 0 Å². The molecule has 2 aliphatic heterocycles. The predicted octanol–water partition coefficient (Wildman–Crippen LogP) is 5.71. The zero-order valence-corrected chi connectivity index (χ0v) is 26.8. The first-order valence-electron chi connectivity index (χ1n) is 15.2. The fraction of sp³-hybridized carbons (Fsp3) is 0.429. The van der Waals surface area contributed by atoms with E-state index in [4.69, 9.17) is 35.0 Å². The highest BCUT2D eigenvalue weighted by Gasteiger charge is 2.56. The van der Waals surface area contributed by atoms with Crippen molar-refractivity contribution >= 4 is 30.3 Å². The Kier molecular flexibility index (Phi) is 8.86. The summed E-state index contributed by atoms with van der Waals surface area (Å²) in [5.74, 6) is -0.276. The Labute approximate surface area is 260 Å². The van der Waals surface area contributed by atoms with Gasteiger partial charge in [0.1, 0.15) is 12.4 Å². The third-order valence-corrected chi connectivity index (χ3v) is 14.3. The van der Waals surface area contributed by atoms with Gasteiger partial charge in [-0.15, -0.1) is 0 Å². The molecule has 5 atom stereocenters. The van der Waals surface area contributed by atoms with Gasteiger partial charge in [-0.25, -0.2) is 0 Å². The number of benzene rings is 3. The summed E-state index contributed by atoms with van der Waals surface area (Å²) in [6, 6.07) is 28.7. The molecule has 0 aromatic heterocycles. The summed E-state index contributed by atoms with van der Waals surface area (Å²) < 4.78 is 32.0. The molecule has 3 aromatic carbocycles. The van der Waals surface area contributed by atoms with E-state index in [1.165, 1.54) is 10.4 Å². The summed E-state index contributed by atoms with van der Waals surface area (Å²) in [7, 11) is -2.82. The molecule has 2 heterocycles. The second-order valence-electron chi connectivity index (χ2n) is 12.8. The quantitative estimate of drug-likeness (QED) is 0.244. The molecule has 1 unspecified atom stereocenters. The molecule has 6 rings (SSSR count). The second-order valence-corrected chi connectivity index (χ2v) is 17.5. The van der Waals surface area contributed by atoms with Gasteiger partial charge in [0.15, 0.2) is 6.29 Å². The average molecular weight is 621 g/mol. The zero-order valence-electron chi connectivity index (χ0n) is 25.0. The third-order valence-electron chi connectivity index (χ3n) is 9.00. The van der Waals surface area contributed by atoms with Crippen molar-refractivity contribution in [1.82, 2.24) is 0 Å². The minimum atomic E-state index is -2.82. The number of rotatable bonds is 9. The molecular formula is C35H41ClO6Si. The maximum Gasteiger partial charge on any atom is 0.261 e. The minimum absolute atomic E-state index is 0.0142. The third kappa shape index (κ3) is 6.22. The van der Waals surface area contributed by atoms with Gasteiger partial charge in [-0.3, -0.25) is 0 Å². The Hall–Kier alpha value is -2.49. The highest BCUT2D eigenvalue weighted by atomic mass is 35.5. The molecule has 2 saturated heterocycles. The first-order valence-corrected chi connectivity index (χ1v) is 17.5. The van der Waals surface area contributed by atoms with E-state index < -0.39 is 20.4 Å². The van der Waals surface area contributed by atoms with E-state index in [1.54, 1.807) is 6.07 Å². The van der Waals surface area contributed by atoms with Crippen molar-refractivity contribution in [3.63, 3.8) is 0 Å². The van der Waals surface area contributed by atoms with Crippen LogP contribution >= 0.6 is 11.6 Å². The lowest BCUT2D eigenvalue weighted by Crippen LogP contribution is -2.68. The standard InChI is InChI=1S/C35H41ClO6Si/c1-34(2,3)43(27-13-6-4-7-14-27,28-15-8-5-9-16-28)42-32-23-31-30(22-33(37)41-31)29(32)17-18-35(39-19-20-40-35)24-38-26-12-10-11-25(36)21-26/h4-18,21,29-33,37H,19-20,22-24H2,1-3H3/b18-17+/t29-,30-,31+,32-,33?/m1/s1. The average Bonchev–Trinajstić information content (AvgIpc) is 3.69. The number of halogens is 1. The van der Waals surface area contributed by atoms with Crippen LogP contribution in [0.15, 0.2) is 97.1 Å². The summed E-state index contributed by atoms with van der Waals surface area (Å²) in [5, 5.41) is 13.4. The molecule has 0 radical (unpaired) electrons. The summed E-state index contributed by atoms with van der Waals surface area (Å²) in [4.78, 5) is 0. The molecule has 6 nitrogen and oxygen atoms in total. The van der Waals surface area contributed by atoms with Crippen LogP contribution in [0, 0.1) is 11.8 Å². The molecule has 1 aliphatic carbocycles. The monoisotopic (exact) mass is 620 g/mol. The molecule has 8 heteroatoms.